The SMILES string of the molecule is COc1cc2c(Oc3ccc(N(S)C(=O)NC(=O)Cc4ccccc4)cc3F)ccnc2cc1OCC(O)CN1CCCCC1. The van der Waals surface area contributed by atoms with Crippen molar-refractivity contribution >= 4 is 41.3 Å². The van der Waals surface area contributed by atoms with Crippen molar-refractivity contribution in [2.45, 2.75) is 31.8 Å². The molecule has 1 unspecified atom stereocenters. The fourth-order valence-corrected chi connectivity index (χ4v) is 5.28. The molecule has 2 N–H and O–H groups in total. The maximum Gasteiger partial charge on any atom is 0.338 e. The smallest absolute Gasteiger partial charge is 0.338 e. The predicted octanol–water partition coefficient (Wildman–Crippen LogP) is 5.53. The van der Waals surface area contributed by atoms with Gasteiger partial charge in [0, 0.05) is 30.3 Å². The Balaban J connectivity index is 1.24. The number of nitrogens with one attached hydrogen (secondary N) is 1. The summed E-state index contributed by atoms with van der Waals surface area (Å²) in [6.07, 6.45) is 4.37. The van der Waals surface area contributed by atoms with Gasteiger partial charge in [-0.25, -0.2) is 13.5 Å². The Bertz CT molecular complexity index is 1640. The minimum Gasteiger partial charge on any atom is -0.493 e. The van der Waals surface area contributed by atoms with Crippen molar-refractivity contribution in [2.75, 3.05) is 37.7 Å². The lowest BCUT2D eigenvalue weighted by Crippen LogP contribution is -2.39. The number of imide groups is 1. The maximum absolute atomic E-state index is 15.2. The minimum atomic E-state index is -0.823. The molecule has 1 saturated heterocycles. The van der Waals surface area contributed by atoms with Gasteiger partial charge < -0.3 is 24.2 Å². The van der Waals surface area contributed by atoms with Crippen molar-refractivity contribution < 1.29 is 33.3 Å². The number of aromatic nitrogens is 1. The summed E-state index contributed by atoms with van der Waals surface area (Å²) < 4.78 is 33.4. The number of nitrogens with zero attached hydrogens (tertiary/aromatic N) is 3. The number of pyridine rings is 1. The Kier molecular flexibility index (Phi) is 10.7. The summed E-state index contributed by atoms with van der Waals surface area (Å²) in [5, 5.41) is 13.3. The van der Waals surface area contributed by atoms with E-state index in [9.17, 15) is 14.7 Å². The summed E-state index contributed by atoms with van der Waals surface area (Å²) in [5.41, 5.74) is 1.36. The van der Waals surface area contributed by atoms with Crippen LogP contribution in [-0.2, 0) is 11.2 Å². The fourth-order valence-electron chi connectivity index (χ4n) is 5.11. The molecule has 1 atom stereocenters. The lowest BCUT2D eigenvalue weighted by Gasteiger charge is -2.28. The minimum absolute atomic E-state index is 0.00826. The number of ether oxygens (including phenoxy) is 3. The lowest BCUT2D eigenvalue weighted by atomic mass is 10.1. The van der Waals surface area contributed by atoms with Crippen LogP contribution in [0.15, 0.2) is 72.9 Å². The number of thiol groups is 1. The molecule has 5 rings (SSSR count). The first-order valence-corrected chi connectivity index (χ1v) is 15.0. The van der Waals surface area contributed by atoms with Crippen LogP contribution < -0.4 is 23.8 Å². The molecule has 0 spiro atoms. The summed E-state index contributed by atoms with van der Waals surface area (Å²) >= 11 is 4.15. The van der Waals surface area contributed by atoms with Gasteiger partial charge in [0.2, 0.25) is 5.91 Å². The van der Waals surface area contributed by atoms with E-state index >= 15 is 4.39 Å². The van der Waals surface area contributed by atoms with Crippen LogP contribution in [0.1, 0.15) is 24.8 Å². The van der Waals surface area contributed by atoms with E-state index < -0.39 is 23.9 Å². The van der Waals surface area contributed by atoms with Crippen LogP contribution in [-0.4, -0.2) is 66.4 Å². The number of urea groups is 1. The quantitative estimate of drug-likeness (QED) is 0.185. The number of hydrogen-bond acceptors (Lipinski definition) is 9. The number of likely N-dealkylation sites (tertiary alicyclic amines) is 1. The van der Waals surface area contributed by atoms with Gasteiger partial charge in [0.1, 0.15) is 18.5 Å². The number of anilines is 1. The molecule has 236 valence electrons. The van der Waals surface area contributed by atoms with Crippen molar-refractivity contribution in [1.82, 2.24) is 15.2 Å². The number of benzene rings is 3. The van der Waals surface area contributed by atoms with Gasteiger partial charge in [0.15, 0.2) is 23.1 Å². The van der Waals surface area contributed by atoms with Crippen molar-refractivity contribution in [3.63, 3.8) is 0 Å². The van der Waals surface area contributed by atoms with Crippen LogP contribution in [0, 0.1) is 5.82 Å². The van der Waals surface area contributed by atoms with Gasteiger partial charge in [-0.1, -0.05) is 49.6 Å². The first-order valence-electron chi connectivity index (χ1n) is 14.6. The first kappa shape index (κ1) is 32.0. The van der Waals surface area contributed by atoms with Gasteiger partial charge in [-0.05, 0) is 55.8 Å². The van der Waals surface area contributed by atoms with Gasteiger partial charge >= 0.3 is 6.03 Å². The number of aliphatic hydroxyl groups is 1. The number of β-amino-alcohol motifs (C(OH)–C–C–N with tert-alkyl or cyclic N) is 1. The molecule has 45 heavy (non-hydrogen) atoms. The standard InChI is InChI=1S/C33H35FN4O6S/c1-42-30-18-25-27(19-31(30)43-21-24(39)20-37-14-6-3-7-15-37)35-13-12-28(25)44-29-11-10-23(17-26(29)34)38(45)33(41)36-32(40)16-22-8-4-2-5-9-22/h2,4-5,8-13,17-19,24,39,45H,3,6-7,14-16,20-21H2,1H3,(H,36,40,41). The number of piperidine rings is 1. The topological polar surface area (TPSA) is 113 Å². The normalized spacial score (nSPS) is 14.0. The Morgan fingerprint density at radius 2 is 1.80 bits per heavy atom. The zero-order chi connectivity index (χ0) is 31.8. The van der Waals surface area contributed by atoms with Crippen LogP contribution >= 0.6 is 12.8 Å². The van der Waals surface area contributed by atoms with Crippen molar-refractivity contribution in [1.29, 1.82) is 0 Å². The second-order valence-electron chi connectivity index (χ2n) is 10.7. The second kappa shape index (κ2) is 15.1. The molecule has 1 aromatic heterocycles. The third-order valence-electron chi connectivity index (χ3n) is 7.36. The molecule has 2 heterocycles. The number of methoxy groups -OCH3 is 1. The van der Waals surface area contributed by atoms with Crippen molar-refractivity contribution in [3.8, 4) is 23.0 Å². The number of hydrogen-bond donors (Lipinski definition) is 3. The Morgan fingerprint density at radius 3 is 2.53 bits per heavy atom. The van der Waals surface area contributed by atoms with Crippen molar-refractivity contribution in [2.24, 2.45) is 0 Å². The van der Waals surface area contributed by atoms with E-state index in [1.807, 2.05) is 6.07 Å². The maximum atomic E-state index is 15.2. The molecule has 1 aliphatic rings. The summed E-state index contributed by atoms with van der Waals surface area (Å²) in [7, 11) is 1.50. The number of halogens is 1. The van der Waals surface area contributed by atoms with E-state index in [0.29, 0.717) is 34.7 Å². The van der Waals surface area contributed by atoms with Crippen LogP contribution in [0.3, 0.4) is 0 Å². The van der Waals surface area contributed by atoms with E-state index in [0.717, 1.165) is 41.9 Å². The first-order chi connectivity index (χ1) is 21.8. The fraction of sp³-hybridized carbons (Fsp3) is 0.303. The highest BCUT2D eigenvalue weighted by molar-refractivity contribution is 7.82. The Labute approximate surface area is 266 Å². The van der Waals surface area contributed by atoms with E-state index in [-0.39, 0.29) is 24.5 Å². The molecule has 0 aliphatic carbocycles. The van der Waals surface area contributed by atoms with Crippen molar-refractivity contribution in [3.05, 3.63) is 84.3 Å². The molecular formula is C33H35FN4O6S. The molecule has 1 fully saturated rings. The predicted molar refractivity (Wildman–Crippen MR) is 172 cm³/mol. The molecule has 3 aromatic carbocycles. The molecule has 3 amide bonds. The summed E-state index contributed by atoms with van der Waals surface area (Å²) in [5.74, 6) is -0.248. The highest BCUT2D eigenvalue weighted by atomic mass is 32.1. The van der Waals surface area contributed by atoms with Crippen LogP contribution in [0.5, 0.6) is 23.0 Å². The van der Waals surface area contributed by atoms with Crippen LogP contribution in [0.2, 0.25) is 0 Å². The molecule has 0 saturated carbocycles. The van der Waals surface area contributed by atoms with E-state index in [1.54, 1.807) is 42.5 Å². The van der Waals surface area contributed by atoms with Gasteiger partial charge in [-0.15, -0.1) is 0 Å². The Hall–Kier alpha value is -4.39. The largest absolute Gasteiger partial charge is 0.493 e. The summed E-state index contributed by atoms with van der Waals surface area (Å²) in [6.45, 7) is 2.58. The number of aliphatic hydroxyl groups excluding tert-OH is 1. The summed E-state index contributed by atoms with van der Waals surface area (Å²) in [4.78, 5) is 31.5. The van der Waals surface area contributed by atoms with Gasteiger partial charge in [0.05, 0.1) is 24.7 Å². The van der Waals surface area contributed by atoms with E-state index in [4.69, 9.17) is 14.2 Å². The molecule has 1 aliphatic heterocycles. The molecule has 10 nitrogen and oxygen atoms in total. The molecule has 0 bridgehead atoms. The average Bonchev–Trinajstić information content (AvgIpc) is 3.04. The van der Waals surface area contributed by atoms with Crippen LogP contribution in [0.4, 0.5) is 14.9 Å². The van der Waals surface area contributed by atoms with Crippen LogP contribution in [0.25, 0.3) is 10.9 Å². The number of carbonyl (C=O) groups is 2. The molecule has 4 aromatic rings. The highest BCUT2D eigenvalue weighted by Gasteiger charge is 2.20. The second-order valence-corrected chi connectivity index (χ2v) is 11.1. The van der Waals surface area contributed by atoms with Gasteiger partial charge in [-0.3, -0.25) is 15.1 Å². The van der Waals surface area contributed by atoms with E-state index in [1.165, 1.54) is 31.9 Å². The molecule has 12 heteroatoms. The third-order valence-corrected chi connectivity index (χ3v) is 7.77. The number of carbonyl (C=O) groups excluding carboxylic acids is 2. The molecular weight excluding hydrogens is 599 g/mol. The highest BCUT2D eigenvalue weighted by Crippen LogP contribution is 2.38. The lowest BCUT2D eigenvalue weighted by molar-refractivity contribution is -0.119. The number of fused-ring (bicyclic) bond motifs is 1. The zero-order valence-corrected chi connectivity index (χ0v) is 25.7. The zero-order valence-electron chi connectivity index (χ0n) is 24.8. The van der Waals surface area contributed by atoms with Gasteiger partial charge in [-0.2, -0.15) is 0 Å². The number of amides is 3. The van der Waals surface area contributed by atoms with Gasteiger partial charge in [0.25, 0.3) is 0 Å². The average molecular weight is 635 g/mol. The summed E-state index contributed by atoms with van der Waals surface area (Å²) in [6, 6.07) is 17.0. The van der Waals surface area contributed by atoms with E-state index in [2.05, 4.69) is 28.0 Å². The third kappa shape index (κ3) is 8.41. The monoisotopic (exact) mass is 634 g/mol. The number of rotatable bonds is 11. The molecule has 0 radical (unpaired) electrons. The Morgan fingerprint density at radius 1 is 1.02 bits per heavy atom.